The maximum Gasteiger partial charge on any atom is 0.231 e. The van der Waals surface area contributed by atoms with Crippen molar-refractivity contribution in [1.82, 2.24) is 0 Å². The van der Waals surface area contributed by atoms with Crippen molar-refractivity contribution >= 4 is 5.69 Å². The molecule has 3 unspecified atom stereocenters. The van der Waals surface area contributed by atoms with E-state index in [2.05, 4.69) is 30.9 Å². The van der Waals surface area contributed by atoms with Crippen LogP contribution < -0.4 is 20.1 Å². The number of nitrogens with two attached hydrogens (primary N) is 1. The molecule has 1 aromatic carbocycles. The van der Waals surface area contributed by atoms with E-state index in [4.69, 9.17) is 15.2 Å². The lowest BCUT2D eigenvalue weighted by atomic mass is 9.87. The summed E-state index contributed by atoms with van der Waals surface area (Å²) in [7, 11) is 0. The second kappa shape index (κ2) is 4.35. The molecule has 3 atom stereocenters. The van der Waals surface area contributed by atoms with Crippen molar-refractivity contribution in [3.63, 3.8) is 0 Å². The molecule has 4 heteroatoms. The molecule has 1 fully saturated rings. The average Bonchev–Trinajstić information content (AvgIpc) is 2.83. The number of fused-ring (bicyclic) bond motifs is 1. The molecule has 1 saturated heterocycles. The third kappa shape index (κ3) is 1.81. The molecule has 2 N–H and O–H groups in total. The van der Waals surface area contributed by atoms with E-state index >= 15 is 0 Å². The first-order chi connectivity index (χ1) is 8.66. The van der Waals surface area contributed by atoms with Gasteiger partial charge >= 0.3 is 0 Å². The lowest BCUT2D eigenvalue weighted by molar-refractivity contribution is 0.174. The number of hydrogen-bond acceptors (Lipinski definition) is 4. The number of ether oxygens (including phenoxy) is 2. The SMILES string of the molecule is CC1C(N)CCN(c2ccc3c(c2)OCO3)C1C. The van der Waals surface area contributed by atoms with Crippen LogP contribution in [0, 0.1) is 5.92 Å². The van der Waals surface area contributed by atoms with Crippen molar-refractivity contribution in [2.24, 2.45) is 11.7 Å². The maximum atomic E-state index is 6.13. The summed E-state index contributed by atoms with van der Waals surface area (Å²) >= 11 is 0. The molecule has 2 aliphatic heterocycles. The first-order valence-electron chi connectivity index (χ1n) is 6.58. The van der Waals surface area contributed by atoms with Crippen LogP contribution in [0.1, 0.15) is 20.3 Å². The Bertz CT molecular complexity index is 449. The molecule has 0 radical (unpaired) electrons. The molecule has 1 aromatic rings. The summed E-state index contributed by atoms with van der Waals surface area (Å²) in [6.45, 7) is 5.81. The number of benzene rings is 1. The first-order valence-corrected chi connectivity index (χ1v) is 6.58. The fourth-order valence-electron chi connectivity index (χ4n) is 2.82. The van der Waals surface area contributed by atoms with E-state index in [1.54, 1.807) is 0 Å². The lowest BCUT2D eigenvalue weighted by Gasteiger charge is -2.42. The van der Waals surface area contributed by atoms with Gasteiger partial charge in [-0.25, -0.2) is 0 Å². The molecule has 0 amide bonds. The fraction of sp³-hybridized carbons (Fsp3) is 0.571. The number of hydrogen-bond donors (Lipinski definition) is 1. The lowest BCUT2D eigenvalue weighted by Crippen LogP contribution is -2.51. The molecule has 0 saturated carbocycles. The van der Waals surface area contributed by atoms with Crippen molar-refractivity contribution in [2.45, 2.75) is 32.4 Å². The Morgan fingerprint density at radius 2 is 2.00 bits per heavy atom. The van der Waals surface area contributed by atoms with E-state index in [0.29, 0.717) is 24.8 Å². The molecule has 2 aliphatic rings. The Kier molecular flexibility index (Phi) is 2.82. The van der Waals surface area contributed by atoms with Crippen LogP contribution in [0.5, 0.6) is 11.5 Å². The molecule has 0 aromatic heterocycles. The Morgan fingerprint density at radius 3 is 2.83 bits per heavy atom. The van der Waals surface area contributed by atoms with Crippen LogP contribution in [0.2, 0.25) is 0 Å². The second-order valence-corrected chi connectivity index (χ2v) is 5.28. The van der Waals surface area contributed by atoms with E-state index in [-0.39, 0.29) is 0 Å². The summed E-state index contributed by atoms with van der Waals surface area (Å²) in [5.41, 5.74) is 7.33. The van der Waals surface area contributed by atoms with Crippen molar-refractivity contribution in [2.75, 3.05) is 18.2 Å². The molecule has 98 valence electrons. The van der Waals surface area contributed by atoms with Crippen LogP contribution in [-0.2, 0) is 0 Å². The van der Waals surface area contributed by atoms with Gasteiger partial charge in [0.05, 0.1) is 0 Å². The Balaban J connectivity index is 1.86. The van der Waals surface area contributed by atoms with Crippen molar-refractivity contribution in [3.8, 4) is 11.5 Å². The van der Waals surface area contributed by atoms with Gasteiger partial charge in [-0.1, -0.05) is 6.92 Å². The minimum atomic E-state index is 0.310. The molecular formula is C14H20N2O2. The minimum Gasteiger partial charge on any atom is -0.454 e. The van der Waals surface area contributed by atoms with Crippen LogP contribution in [0.3, 0.4) is 0 Å². The predicted octanol–water partition coefficient (Wildman–Crippen LogP) is 1.98. The number of anilines is 1. The van der Waals surface area contributed by atoms with E-state index in [1.807, 2.05) is 6.07 Å². The molecular weight excluding hydrogens is 228 g/mol. The molecule has 4 nitrogen and oxygen atoms in total. The highest BCUT2D eigenvalue weighted by molar-refractivity contribution is 5.58. The van der Waals surface area contributed by atoms with E-state index < -0.39 is 0 Å². The molecule has 0 aliphatic carbocycles. The highest BCUT2D eigenvalue weighted by Gasteiger charge is 2.31. The van der Waals surface area contributed by atoms with Gasteiger partial charge in [-0.3, -0.25) is 0 Å². The Hall–Kier alpha value is -1.42. The largest absolute Gasteiger partial charge is 0.454 e. The standard InChI is InChI=1S/C14H20N2O2/c1-9-10(2)16(6-5-12(9)15)11-3-4-13-14(7-11)18-8-17-13/h3-4,7,9-10,12H,5-6,8,15H2,1-2H3. The average molecular weight is 248 g/mol. The van der Waals surface area contributed by atoms with Gasteiger partial charge in [0.25, 0.3) is 0 Å². The Morgan fingerprint density at radius 1 is 1.22 bits per heavy atom. The van der Waals surface area contributed by atoms with Gasteiger partial charge in [-0.2, -0.15) is 0 Å². The van der Waals surface area contributed by atoms with E-state index in [1.165, 1.54) is 5.69 Å². The molecule has 3 rings (SSSR count). The van der Waals surface area contributed by atoms with E-state index in [0.717, 1.165) is 24.5 Å². The molecule has 2 heterocycles. The van der Waals surface area contributed by atoms with Gasteiger partial charge in [0, 0.05) is 30.4 Å². The maximum absolute atomic E-state index is 6.13. The summed E-state index contributed by atoms with van der Waals surface area (Å²) in [4.78, 5) is 2.41. The zero-order valence-corrected chi connectivity index (χ0v) is 10.9. The number of piperidine rings is 1. The summed E-state index contributed by atoms with van der Waals surface area (Å²) < 4.78 is 10.8. The fourth-order valence-corrected chi connectivity index (χ4v) is 2.82. The smallest absolute Gasteiger partial charge is 0.231 e. The van der Waals surface area contributed by atoms with Gasteiger partial charge in [0.2, 0.25) is 6.79 Å². The van der Waals surface area contributed by atoms with Gasteiger partial charge in [0.15, 0.2) is 11.5 Å². The third-order valence-electron chi connectivity index (χ3n) is 4.32. The Labute approximate surface area is 108 Å². The van der Waals surface area contributed by atoms with Gasteiger partial charge in [-0.15, -0.1) is 0 Å². The monoisotopic (exact) mass is 248 g/mol. The highest BCUT2D eigenvalue weighted by Crippen LogP contribution is 2.37. The normalized spacial score (nSPS) is 30.6. The molecule has 0 bridgehead atoms. The van der Waals surface area contributed by atoms with Crippen molar-refractivity contribution < 1.29 is 9.47 Å². The minimum absolute atomic E-state index is 0.310. The zero-order chi connectivity index (χ0) is 12.7. The van der Waals surface area contributed by atoms with Crippen molar-refractivity contribution in [1.29, 1.82) is 0 Å². The topological polar surface area (TPSA) is 47.7 Å². The first kappa shape index (κ1) is 11.7. The van der Waals surface area contributed by atoms with Crippen LogP contribution in [0.25, 0.3) is 0 Å². The highest BCUT2D eigenvalue weighted by atomic mass is 16.7. The van der Waals surface area contributed by atoms with Crippen molar-refractivity contribution in [3.05, 3.63) is 18.2 Å². The van der Waals surface area contributed by atoms with Gasteiger partial charge < -0.3 is 20.1 Å². The number of rotatable bonds is 1. The zero-order valence-electron chi connectivity index (χ0n) is 10.9. The van der Waals surface area contributed by atoms with Crippen LogP contribution in [0.4, 0.5) is 5.69 Å². The van der Waals surface area contributed by atoms with Crippen LogP contribution >= 0.6 is 0 Å². The third-order valence-corrected chi connectivity index (χ3v) is 4.32. The molecule has 18 heavy (non-hydrogen) atoms. The second-order valence-electron chi connectivity index (χ2n) is 5.28. The molecule has 0 spiro atoms. The predicted molar refractivity (Wildman–Crippen MR) is 71.1 cm³/mol. The number of nitrogens with zero attached hydrogens (tertiary/aromatic N) is 1. The van der Waals surface area contributed by atoms with Crippen LogP contribution in [0.15, 0.2) is 18.2 Å². The summed E-state index contributed by atoms with van der Waals surface area (Å²) in [6, 6.07) is 6.93. The van der Waals surface area contributed by atoms with Crippen LogP contribution in [-0.4, -0.2) is 25.4 Å². The van der Waals surface area contributed by atoms with E-state index in [9.17, 15) is 0 Å². The van der Waals surface area contributed by atoms with Gasteiger partial charge in [-0.05, 0) is 31.4 Å². The summed E-state index contributed by atoms with van der Waals surface area (Å²) in [5, 5.41) is 0. The summed E-state index contributed by atoms with van der Waals surface area (Å²) in [6.07, 6.45) is 1.04. The quantitative estimate of drug-likeness (QED) is 0.825. The van der Waals surface area contributed by atoms with Gasteiger partial charge in [0.1, 0.15) is 0 Å². The summed E-state index contributed by atoms with van der Waals surface area (Å²) in [5.74, 6) is 2.19.